The Kier molecular flexibility index (Phi) is 4.83. The highest BCUT2D eigenvalue weighted by atomic mass is 15.1. The van der Waals surface area contributed by atoms with Gasteiger partial charge in [-0.1, -0.05) is 13.8 Å². The first kappa shape index (κ1) is 16.9. The van der Waals surface area contributed by atoms with Crippen LogP contribution in [0.3, 0.4) is 0 Å². The molecule has 0 fully saturated rings. The fourth-order valence-electron chi connectivity index (χ4n) is 1.68. The zero-order valence-electron chi connectivity index (χ0n) is 13.3. The van der Waals surface area contributed by atoms with Crippen LogP contribution in [0, 0.1) is 5.41 Å². The van der Waals surface area contributed by atoms with E-state index in [0.717, 1.165) is 6.54 Å². The normalized spacial score (nSPS) is 15.2. The van der Waals surface area contributed by atoms with Crippen LogP contribution in [0.15, 0.2) is 0 Å². The Labute approximate surface area is 108 Å². The molecule has 0 unspecified atom stereocenters. The molecule has 17 heavy (non-hydrogen) atoms. The average molecular weight is 243 g/mol. The standard InChI is InChI=1S/C14H33N3/c1-11(2,3)16-10-12(4,5)13(6,7)17-14(8,9)15/h16-17H,10,15H2,1-9H3. The average Bonchev–Trinajstić information content (AvgIpc) is 1.94. The van der Waals surface area contributed by atoms with Crippen LogP contribution in [-0.2, 0) is 0 Å². The van der Waals surface area contributed by atoms with Crippen LogP contribution >= 0.6 is 0 Å². The third kappa shape index (κ3) is 6.39. The van der Waals surface area contributed by atoms with Crippen molar-refractivity contribution in [1.82, 2.24) is 10.6 Å². The zero-order valence-corrected chi connectivity index (χ0v) is 13.3. The number of rotatable bonds is 5. The molecule has 3 heteroatoms. The van der Waals surface area contributed by atoms with Crippen LogP contribution in [0.1, 0.15) is 62.3 Å². The van der Waals surface area contributed by atoms with E-state index >= 15 is 0 Å². The smallest absolute Gasteiger partial charge is 0.0608 e. The van der Waals surface area contributed by atoms with E-state index in [0.29, 0.717) is 0 Å². The van der Waals surface area contributed by atoms with Crippen molar-refractivity contribution in [3.8, 4) is 0 Å². The van der Waals surface area contributed by atoms with Gasteiger partial charge in [0.15, 0.2) is 0 Å². The summed E-state index contributed by atoms with van der Waals surface area (Å²) in [4.78, 5) is 0. The van der Waals surface area contributed by atoms with Gasteiger partial charge in [0.05, 0.1) is 5.66 Å². The Morgan fingerprint density at radius 1 is 0.824 bits per heavy atom. The minimum atomic E-state index is -0.359. The molecular formula is C14H33N3. The van der Waals surface area contributed by atoms with E-state index in [-0.39, 0.29) is 22.2 Å². The second-order valence-corrected chi connectivity index (χ2v) is 7.96. The van der Waals surface area contributed by atoms with E-state index in [1.165, 1.54) is 0 Å². The molecule has 0 heterocycles. The van der Waals surface area contributed by atoms with Gasteiger partial charge < -0.3 is 11.1 Å². The van der Waals surface area contributed by atoms with E-state index in [9.17, 15) is 0 Å². The Morgan fingerprint density at radius 3 is 1.53 bits per heavy atom. The first-order valence-corrected chi connectivity index (χ1v) is 6.50. The fourth-order valence-corrected chi connectivity index (χ4v) is 1.68. The van der Waals surface area contributed by atoms with E-state index in [1.807, 2.05) is 13.8 Å². The summed E-state index contributed by atoms with van der Waals surface area (Å²) in [7, 11) is 0. The number of nitrogens with one attached hydrogen (secondary N) is 2. The van der Waals surface area contributed by atoms with Crippen LogP contribution in [0.4, 0.5) is 0 Å². The van der Waals surface area contributed by atoms with Crippen molar-refractivity contribution in [1.29, 1.82) is 0 Å². The van der Waals surface area contributed by atoms with Gasteiger partial charge >= 0.3 is 0 Å². The third-order valence-electron chi connectivity index (χ3n) is 3.39. The van der Waals surface area contributed by atoms with E-state index < -0.39 is 0 Å². The molecular weight excluding hydrogens is 210 g/mol. The van der Waals surface area contributed by atoms with Crippen molar-refractivity contribution >= 4 is 0 Å². The Morgan fingerprint density at radius 2 is 1.24 bits per heavy atom. The summed E-state index contributed by atoms with van der Waals surface area (Å²) in [6.07, 6.45) is 0. The second kappa shape index (κ2) is 4.87. The molecule has 0 aliphatic carbocycles. The van der Waals surface area contributed by atoms with Gasteiger partial charge in [-0.15, -0.1) is 0 Å². The lowest BCUT2D eigenvalue weighted by Crippen LogP contribution is -2.65. The van der Waals surface area contributed by atoms with Gasteiger partial charge in [-0.3, -0.25) is 5.32 Å². The van der Waals surface area contributed by atoms with Crippen LogP contribution in [0.5, 0.6) is 0 Å². The van der Waals surface area contributed by atoms with Gasteiger partial charge in [-0.25, -0.2) is 0 Å². The maximum Gasteiger partial charge on any atom is 0.0608 e. The molecule has 0 saturated carbocycles. The van der Waals surface area contributed by atoms with Crippen LogP contribution in [0.2, 0.25) is 0 Å². The quantitative estimate of drug-likeness (QED) is 0.650. The van der Waals surface area contributed by atoms with Gasteiger partial charge in [0.2, 0.25) is 0 Å². The molecule has 4 N–H and O–H groups in total. The summed E-state index contributed by atoms with van der Waals surface area (Å²) >= 11 is 0. The predicted molar refractivity (Wildman–Crippen MR) is 77.0 cm³/mol. The largest absolute Gasteiger partial charge is 0.314 e. The lowest BCUT2D eigenvalue weighted by atomic mass is 9.73. The summed E-state index contributed by atoms with van der Waals surface area (Å²) in [5.41, 5.74) is 5.92. The number of hydrogen-bond donors (Lipinski definition) is 3. The third-order valence-corrected chi connectivity index (χ3v) is 3.39. The molecule has 0 aliphatic heterocycles. The van der Waals surface area contributed by atoms with Crippen molar-refractivity contribution in [2.24, 2.45) is 11.1 Å². The SMILES string of the molecule is CC(C)(C)NCC(C)(C)C(C)(C)NC(C)(C)N. The van der Waals surface area contributed by atoms with Crippen LogP contribution in [-0.4, -0.2) is 23.3 Å². The Hall–Kier alpha value is -0.120. The van der Waals surface area contributed by atoms with Crippen molar-refractivity contribution in [3.05, 3.63) is 0 Å². The van der Waals surface area contributed by atoms with Crippen molar-refractivity contribution in [2.45, 2.75) is 79.1 Å². The molecule has 0 aromatic carbocycles. The van der Waals surface area contributed by atoms with Gasteiger partial charge in [0.25, 0.3) is 0 Å². The predicted octanol–water partition coefficient (Wildman–Crippen LogP) is 2.46. The summed E-state index contributed by atoms with van der Waals surface area (Å²) in [5, 5.41) is 7.08. The molecule has 0 aliphatic rings. The topological polar surface area (TPSA) is 50.1 Å². The maximum atomic E-state index is 6.07. The zero-order chi connectivity index (χ0) is 14.1. The van der Waals surface area contributed by atoms with Gasteiger partial charge in [-0.05, 0) is 53.9 Å². The van der Waals surface area contributed by atoms with Gasteiger partial charge in [0, 0.05) is 17.6 Å². The van der Waals surface area contributed by atoms with E-state index in [4.69, 9.17) is 5.73 Å². The van der Waals surface area contributed by atoms with Gasteiger partial charge in [0.1, 0.15) is 0 Å². The first-order chi connectivity index (χ1) is 7.16. The number of nitrogens with two attached hydrogens (primary N) is 1. The fraction of sp³-hybridized carbons (Fsp3) is 1.00. The molecule has 0 radical (unpaired) electrons. The Bertz CT molecular complexity index is 241. The summed E-state index contributed by atoms with van der Waals surface area (Å²) in [5.74, 6) is 0. The monoisotopic (exact) mass is 243 g/mol. The highest BCUT2D eigenvalue weighted by Gasteiger charge is 2.39. The summed E-state index contributed by atoms with van der Waals surface area (Å²) in [6, 6.07) is 0. The lowest BCUT2D eigenvalue weighted by molar-refractivity contribution is 0.106. The molecule has 0 bridgehead atoms. The molecule has 0 spiro atoms. The van der Waals surface area contributed by atoms with Crippen LogP contribution in [0.25, 0.3) is 0 Å². The Balaban J connectivity index is 4.67. The maximum absolute atomic E-state index is 6.07. The van der Waals surface area contributed by atoms with Crippen molar-refractivity contribution < 1.29 is 0 Å². The second-order valence-electron chi connectivity index (χ2n) is 7.96. The van der Waals surface area contributed by atoms with Gasteiger partial charge in [-0.2, -0.15) is 0 Å². The molecule has 0 saturated heterocycles. The van der Waals surface area contributed by atoms with E-state index in [1.54, 1.807) is 0 Å². The minimum Gasteiger partial charge on any atom is -0.314 e. The molecule has 0 rings (SSSR count). The molecule has 0 aromatic heterocycles. The molecule has 0 aromatic rings. The molecule has 0 amide bonds. The highest BCUT2D eigenvalue weighted by Crippen LogP contribution is 2.31. The summed E-state index contributed by atoms with van der Waals surface area (Å²) in [6.45, 7) is 20.5. The molecule has 104 valence electrons. The number of hydrogen-bond acceptors (Lipinski definition) is 3. The molecule has 3 nitrogen and oxygen atoms in total. The summed E-state index contributed by atoms with van der Waals surface area (Å²) < 4.78 is 0. The van der Waals surface area contributed by atoms with Crippen LogP contribution < -0.4 is 16.4 Å². The minimum absolute atomic E-state index is 0.0382. The first-order valence-electron chi connectivity index (χ1n) is 6.50. The molecule has 0 atom stereocenters. The highest BCUT2D eigenvalue weighted by molar-refractivity contribution is 4.98. The van der Waals surface area contributed by atoms with E-state index in [2.05, 4.69) is 59.1 Å². The lowest BCUT2D eigenvalue weighted by Gasteiger charge is -2.47. The van der Waals surface area contributed by atoms with Crippen molar-refractivity contribution in [2.75, 3.05) is 6.54 Å². The van der Waals surface area contributed by atoms with Crippen molar-refractivity contribution in [3.63, 3.8) is 0 Å².